The first kappa shape index (κ1) is 11.4. The highest BCUT2D eigenvalue weighted by Crippen LogP contribution is 2.16. The Balaban J connectivity index is 2.62. The highest BCUT2D eigenvalue weighted by atomic mass is 16.4. The van der Waals surface area contributed by atoms with Crippen molar-refractivity contribution in [3.05, 3.63) is 12.2 Å². The van der Waals surface area contributed by atoms with Gasteiger partial charge in [0.25, 0.3) is 11.8 Å². The normalized spacial score (nSPS) is 19.5. The molecule has 0 aromatic rings. The predicted octanol–water partition coefficient (Wildman–Crippen LogP) is 0.411. The summed E-state index contributed by atoms with van der Waals surface area (Å²) in [6, 6.07) is -0.383. The van der Waals surface area contributed by atoms with E-state index in [1.165, 1.54) is 12.2 Å². The van der Waals surface area contributed by atoms with E-state index in [1.54, 1.807) is 13.8 Å². The molecule has 0 aromatic carbocycles. The fourth-order valence-corrected chi connectivity index (χ4v) is 1.56. The number of aliphatic carboxylic acids is 1. The Kier molecular flexibility index (Phi) is 3.24. The lowest BCUT2D eigenvalue weighted by Gasteiger charge is -2.23. The van der Waals surface area contributed by atoms with Gasteiger partial charge in [-0.1, -0.05) is 6.92 Å². The highest BCUT2D eigenvalue weighted by molar-refractivity contribution is 6.13. The van der Waals surface area contributed by atoms with E-state index in [4.69, 9.17) is 5.11 Å². The number of carbonyl (C=O) groups excluding carboxylic acids is 2. The van der Waals surface area contributed by atoms with Gasteiger partial charge in [0.1, 0.15) is 0 Å². The van der Waals surface area contributed by atoms with Gasteiger partial charge in [0.2, 0.25) is 0 Å². The summed E-state index contributed by atoms with van der Waals surface area (Å²) in [6.45, 7) is 3.22. The van der Waals surface area contributed by atoms with Crippen LogP contribution in [0.4, 0.5) is 0 Å². The van der Waals surface area contributed by atoms with Crippen LogP contribution in [-0.4, -0.2) is 33.8 Å². The van der Waals surface area contributed by atoms with Gasteiger partial charge in [-0.3, -0.25) is 19.3 Å². The average molecular weight is 211 g/mol. The van der Waals surface area contributed by atoms with Gasteiger partial charge >= 0.3 is 5.97 Å². The molecule has 5 heteroatoms. The molecule has 5 nitrogen and oxygen atoms in total. The van der Waals surface area contributed by atoms with Gasteiger partial charge in [0.05, 0.1) is 5.92 Å². The zero-order valence-corrected chi connectivity index (χ0v) is 8.64. The fourth-order valence-electron chi connectivity index (χ4n) is 1.56. The van der Waals surface area contributed by atoms with Crippen molar-refractivity contribution in [3.63, 3.8) is 0 Å². The van der Waals surface area contributed by atoms with E-state index in [0.29, 0.717) is 0 Å². The molecule has 0 saturated carbocycles. The summed E-state index contributed by atoms with van der Waals surface area (Å²) in [5.41, 5.74) is 0. The molecule has 0 aliphatic carbocycles. The van der Waals surface area contributed by atoms with E-state index in [2.05, 4.69) is 0 Å². The lowest BCUT2D eigenvalue weighted by Crippen LogP contribution is -2.39. The van der Waals surface area contributed by atoms with E-state index in [9.17, 15) is 14.4 Å². The molecule has 2 amide bonds. The van der Waals surface area contributed by atoms with Gasteiger partial charge in [-0.15, -0.1) is 0 Å². The van der Waals surface area contributed by atoms with Crippen molar-refractivity contribution in [2.45, 2.75) is 26.3 Å². The first-order chi connectivity index (χ1) is 6.93. The molecular weight excluding hydrogens is 198 g/mol. The Morgan fingerprint density at radius 1 is 1.33 bits per heavy atom. The lowest BCUT2D eigenvalue weighted by atomic mass is 10.0. The third-order valence-corrected chi connectivity index (χ3v) is 2.40. The molecule has 2 unspecified atom stereocenters. The maximum Gasteiger partial charge on any atom is 0.306 e. The Labute approximate surface area is 87.4 Å². The molecule has 1 rings (SSSR count). The topological polar surface area (TPSA) is 74.7 Å². The first-order valence-corrected chi connectivity index (χ1v) is 4.71. The second-order valence-electron chi connectivity index (χ2n) is 3.70. The Bertz CT molecular complexity index is 316. The van der Waals surface area contributed by atoms with Gasteiger partial charge in [0, 0.05) is 18.2 Å². The molecule has 1 aliphatic heterocycles. The minimum absolute atomic E-state index is 0.272. The van der Waals surface area contributed by atoms with Crippen LogP contribution in [-0.2, 0) is 14.4 Å². The van der Waals surface area contributed by atoms with Crippen molar-refractivity contribution in [1.29, 1.82) is 0 Å². The summed E-state index contributed by atoms with van der Waals surface area (Å²) in [4.78, 5) is 34.2. The molecule has 1 N–H and O–H groups in total. The minimum atomic E-state index is -0.922. The Morgan fingerprint density at radius 3 is 2.20 bits per heavy atom. The zero-order chi connectivity index (χ0) is 11.6. The predicted molar refractivity (Wildman–Crippen MR) is 51.9 cm³/mol. The molecule has 15 heavy (non-hydrogen) atoms. The van der Waals surface area contributed by atoms with E-state index in [1.807, 2.05) is 0 Å². The van der Waals surface area contributed by atoms with Crippen molar-refractivity contribution in [3.8, 4) is 0 Å². The Morgan fingerprint density at radius 2 is 1.80 bits per heavy atom. The number of rotatable bonds is 4. The monoisotopic (exact) mass is 211 g/mol. The van der Waals surface area contributed by atoms with Crippen LogP contribution >= 0.6 is 0 Å². The number of carbonyl (C=O) groups is 3. The zero-order valence-electron chi connectivity index (χ0n) is 8.64. The van der Waals surface area contributed by atoms with Gasteiger partial charge in [-0.05, 0) is 13.3 Å². The molecule has 1 aliphatic rings. The van der Waals surface area contributed by atoms with Crippen LogP contribution in [0.25, 0.3) is 0 Å². The summed E-state index contributed by atoms with van der Waals surface area (Å²) in [7, 11) is 0. The number of hydrogen-bond acceptors (Lipinski definition) is 3. The number of hydrogen-bond donors (Lipinski definition) is 1. The van der Waals surface area contributed by atoms with Gasteiger partial charge in [-0.2, -0.15) is 0 Å². The van der Waals surface area contributed by atoms with Gasteiger partial charge in [-0.25, -0.2) is 0 Å². The Hall–Kier alpha value is -1.65. The van der Waals surface area contributed by atoms with Crippen molar-refractivity contribution in [1.82, 2.24) is 4.90 Å². The van der Waals surface area contributed by atoms with Crippen LogP contribution in [0.3, 0.4) is 0 Å². The molecule has 0 spiro atoms. The van der Waals surface area contributed by atoms with Gasteiger partial charge in [0.15, 0.2) is 0 Å². The smallest absolute Gasteiger partial charge is 0.306 e. The largest absolute Gasteiger partial charge is 0.481 e. The van der Waals surface area contributed by atoms with Crippen LogP contribution < -0.4 is 0 Å². The quantitative estimate of drug-likeness (QED) is 0.683. The number of carboxylic acids is 1. The second-order valence-corrected chi connectivity index (χ2v) is 3.70. The standard InChI is InChI=1S/C10H13NO4/c1-6(10(14)15)5-7(2)11-8(12)3-4-9(11)13/h3-4,6-7H,5H2,1-2H3,(H,14,15). The number of nitrogens with zero attached hydrogens (tertiary/aromatic N) is 1. The molecule has 82 valence electrons. The molecular formula is C10H13NO4. The molecule has 0 fully saturated rings. The maximum absolute atomic E-state index is 11.2. The summed E-state index contributed by atoms with van der Waals surface area (Å²) in [5.74, 6) is -2.23. The van der Waals surface area contributed by atoms with E-state index >= 15 is 0 Å². The van der Waals surface area contributed by atoms with Crippen molar-refractivity contribution < 1.29 is 19.5 Å². The van der Waals surface area contributed by atoms with Crippen LogP contribution in [0.5, 0.6) is 0 Å². The SMILES string of the molecule is CC(CC(C)N1C(=O)C=CC1=O)C(=O)O. The second kappa shape index (κ2) is 4.25. The number of imide groups is 1. The van der Waals surface area contributed by atoms with E-state index in [0.717, 1.165) is 4.90 Å². The number of carboxylic acid groups (broad SMARTS) is 1. The van der Waals surface area contributed by atoms with Crippen LogP contribution in [0.1, 0.15) is 20.3 Å². The maximum atomic E-state index is 11.2. The summed E-state index contributed by atoms with van der Waals surface area (Å²) >= 11 is 0. The summed E-state index contributed by atoms with van der Waals surface area (Å²) in [6.07, 6.45) is 2.67. The molecule has 1 heterocycles. The van der Waals surface area contributed by atoms with Crippen molar-refractivity contribution >= 4 is 17.8 Å². The third-order valence-electron chi connectivity index (χ3n) is 2.40. The first-order valence-electron chi connectivity index (χ1n) is 4.71. The van der Waals surface area contributed by atoms with E-state index in [-0.39, 0.29) is 24.3 Å². The molecule has 0 radical (unpaired) electrons. The van der Waals surface area contributed by atoms with Gasteiger partial charge < -0.3 is 5.11 Å². The van der Waals surface area contributed by atoms with Crippen LogP contribution in [0.2, 0.25) is 0 Å². The highest BCUT2D eigenvalue weighted by Gasteiger charge is 2.30. The molecule has 0 aromatic heterocycles. The summed E-state index contributed by atoms with van der Waals surface area (Å²) < 4.78 is 0. The third kappa shape index (κ3) is 2.43. The van der Waals surface area contributed by atoms with Crippen molar-refractivity contribution in [2.75, 3.05) is 0 Å². The lowest BCUT2D eigenvalue weighted by molar-refractivity contribution is -0.145. The molecule has 0 bridgehead atoms. The molecule has 2 atom stereocenters. The van der Waals surface area contributed by atoms with Crippen molar-refractivity contribution in [2.24, 2.45) is 5.92 Å². The average Bonchev–Trinajstić information content (AvgIpc) is 2.45. The fraction of sp³-hybridized carbons (Fsp3) is 0.500. The van der Waals surface area contributed by atoms with E-state index < -0.39 is 11.9 Å². The van der Waals surface area contributed by atoms with Crippen LogP contribution in [0.15, 0.2) is 12.2 Å². The molecule has 0 saturated heterocycles. The number of amides is 2. The van der Waals surface area contributed by atoms with Crippen LogP contribution in [0, 0.1) is 5.92 Å². The minimum Gasteiger partial charge on any atom is -0.481 e. The summed E-state index contributed by atoms with van der Waals surface area (Å²) in [5, 5.41) is 8.70.